The number of morpholine rings is 1. The summed E-state index contributed by atoms with van der Waals surface area (Å²) in [6.45, 7) is 2.82. The first-order valence-electron chi connectivity index (χ1n) is 6.92. The van der Waals surface area contributed by atoms with Gasteiger partial charge in [0.05, 0.1) is 13.2 Å². The second-order valence-electron chi connectivity index (χ2n) is 4.74. The van der Waals surface area contributed by atoms with Crippen molar-refractivity contribution >= 4 is 29.9 Å². The van der Waals surface area contributed by atoms with Gasteiger partial charge in [-0.2, -0.15) is 0 Å². The number of ether oxygens (including phenoxy) is 2. The van der Waals surface area contributed by atoms with Crippen LogP contribution in [-0.4, -0.2) is 50.1 Å². The molecule has 0 aromatic heterocycles. The fraction of sp³-hybridized carbons (Fsp3) is 0.500. The summed E-state index contributed by atoms with van der Waals surface area (Å²) < 4.78 is 46.2. The number of para-hydroxylation sites is 1. The lowest BCUT2D eigenvalue weighted by Crippen LogP contribution is -2.44. The molecule has 1 fully saturated rings. The Morgan fingerprint density at radius 2 is 1.91 bits per heavy atom. The van der Waals surface area contributed by atoms with Gasteiger partial charge in [-0.1, -0.05) is 18.2 Å². The highest BCUT2D eigenvalue weighted by atomic mass is 127. The van der Waals surface area contributed by atoms with Gasteiger partial charge in [-0.05, 0) is 18.1 Å². The van der Waals surface area contributed by atoms with Crippen molar-refractivity contribution in [2.45, 2.75) is 12.8 Å². The van der Waals surface area contributed by atoms with Crippen molar-refractivity contribution in [2.75, 3.05) is 32.8 Å². The average Bonchev–Trinajstić information content (AvgIpc) is 2.48. The summed E-state index contributed by atoms with van der Waals surface area (Å²) in [6.07, 6.45) is -4.39. The number of nitrogens with zero attached hydrogens (tertiary/aromatic N) is 2. The lowest BCUT2D eigenvalue weighted by atomic mass is 10.1. The molecule has 2 rings (SSSR count). The molecule has 0 bridgehead atoms. The van der Waals surface area contributed by atoms with Gasteiger partial charge < -0.3 is 20.1 Å². The van der Waals surface area contributed by atoms with Crippen LogP contribution < -0.4 is 10.5 Å². The van der Waals surface area contributed by atoms with E-state index in [9.17, 15) is 13.2 Å². The Balaban J connectivity index is 0.00000264. The van der Waals surface area contributed by atoms with E-state index in [-0.39, 0.29) is 29.7 Å². The minimum Gasteiger partial charge on any atom is -0.406 e. The Labute approximate surface area is 149 Å². The van der Waals surface area contributed by atoms with E-state index in [1.807, 2.05) is 4.90 Å². The zero-order valence-corrected chi connectivity index (χ0v) is 14.7. The lowest BCUT2D eigenvalue weighted by molar-refractivity contribution is -0.274. The Hall–Kier alpha value is -1.23. The standard InChI is InChI=1S/C14H18F3N3O2.HI/c15-14(16,17)22-12-4-2-1-3-11(12)5-6-19-13(18)20-7-9-21-10-8-20;/h1-4H,5-10H2,(H2,18,19);1H. The summed E-state index contributed by atoms with van der Waals surface area (Å²) >= 11 is 0. The molecule has 0 saturated carbocycles. The molecule has 0 unspecified atom stereocenters. The van der Waals surface area contributed by atoms with E-state index in [4.69, 9.17) is 10.5 Å². The highest BCUT2D eigenvalue weighted by molar-refractivity contribution is 14.0. The van der Waals surface area contributed by atoms with Crippen LogP contribution in [0.15, 0.2) is 29.3 Å². The Kier molecular flexibility index (Phi) is 7.89. The quantitative estimate of drug-likeness (QED) is 0.440. The van der Waals surface area contributed by atoms with Gasteiger partial charge in [0.1, 0.15) is 5.75 Å². The number of aliphatic imine (C=N–C) groups is 1. The number of guanidine groups is 1. The molecule has 1 aromatic carbocycles. The molecule has 2 N–H and O–H groups in total. The van der Waals surface area contributed by atoms with Crippen LogP contribution in [0.25, 0.3) is 0 Å². The highest BCUT2D eigenvalue weighted by Crippen LogP contribution is 2.26. The van der Waals surface area contributed by atoms with Crippen molar-refractivity contribution in [1.82, 2.24) is 4.90 Å². The predicted octanol–water partition coefficient (Wildman–Crippen LogP) is 2.39. The van der Waals surface area contributed by atoms with E-state index in [2.05, 4.69) is 9.73 Å². The van der Waals surface area contributed by atoms with E-state index in [0.717, 1.165) is 0 Å². The zero-order chi connectivity index (χ0) is 16.0. The van der Waals surface area contributed by atoms with Crippen LogP contribution in [0.3, 0.4) is 0 Å². The Bertz CT molecular complexity index is 520. The van der Waals surface area contributed by atoms with Crippen molar-refractivity contribution in [3.63, 3.8) is 0 Å². The topological polar surface area (TPSA) is 60.1 Å². The maximum atomic E-state index is 12.3. The van der Waals surface area contributed by atoms with Gasteiger partial charge in [-0.15, -0.1) is 37.1 Å². The number of nitrogens with two attached hydrogens (primary N) is 1. The summed E-state index contributed by atoms with van der Waals surface area (Å²) in [5.74, 6) is 0.188. The third-order valence-electron chi connectivity index (χ3n) is 3.19. The van der Waals surface area contributed by atoms with E-state index in [1.165, 1.54) is 12.1 Å². The molecule has 0 aliphatic carbocycles. The second kappa shape index (κ2) is 9.16. The van der Waals surface area contributed by atoms with Crippen LogP contribution in [0.4, 0.5) is 13.2 Å². The fourth-order valence-electron chi connectivity index (χ4n) is 2.12. The van der Waals surface area contributed by atoms with Crippen LogP contribution in [0.5, 0.6) is 5.75 Å². The molecule has 130 valence electrons. The first-order valence-corrected chi connectivity index (χ1v) is 6.92. The summed E-state index contributed by atoms with van der Waals surface area (Å²) in [4.78, 5) is 6.10. The molecule has 0 spiro atoms. The summed E-state index contributed by atoms with van der Waals surface area (Å²) in [5, 5.41) is 0. The van der Waals surface area contributed by atoms with E-state index >= 15 is 0 Å². The molecule has 1 heterocycles. The van der Waals surface area contributed by atoms with Crippen LogP contribution >= 0.6 is 24.0 Å². The highest BCUT2D eigenvalue weighted by Gasteiger charge is 2.31. The number of halogens is 4. The van der Waals surface area contributed by atoms with E-state index < -0.39 is 6.36 Å². The van der Waals surface area contributed by atoms with Crippen molar-refractivity contribution in [3.8, 4) is 5.75 Å². The molecule has 23 heavy (non-hydrogen) atoms. The number of hydrogen-bond acceptors (Lipinski definition) is 3. The van der Waals surface area contributed by atoms with Crippen molar-refractivity contribution in [3.05, 3.63) is 29.8 Å². The monoisotopic (exact) mass is 445 g/mol. The van der Waals surface area contributed by atoms with Gasteiger partial charge in [-0.25, -0.2) is 0 Å². The van der Waals surface area contributed by atoms with Gasteiger partial charge >= 0.3 is 6.36 Å². The molecular formula is C14H19F3IN3O2. The van der Waals surface area contributed by atoms with Crippen LogP contribution in [0.1, 0.15) is 5.56 Å². The van der Waals surface area contributed by atoms with Crippen LogP contribution in [-0.2, 0) is 11.2 Å². The average molecular weight is 445 g/mol. The normalized spacial score (nSPS) is 16.0. The van der Waals surface area contributed by atoms with Crippen molar-refractivity contribution in [1.29, 1.82) is 0 Å². The zero-order valence-electron chi connectivity index (χ0n) is 12.4. The summed E-state index contributed by atoms with van der Waals surface area (Å²) in [6, 6.07) is 6.03. The molecule has 9 heteroatoms. The smallest absolute Gasteiger partial charge is 0.406 e. The number of benzene rings is 1. The second-order valence-corrected chi connectivity index (χ2v) is 4.74. The van der Waals surface area contributed by atoms with Crippen molar-refractivity contribution < 1.29 is 22.6 Å². The first-order chi connectivity index (χ1) is 10.5. The third-order valence-corrected chi connectivity index (χ3v) is 3.19. The van der Waals surface area contributed by atoms with E-state index in [1.54, 1.807) is 12.1 Å². The Morgan fingerprint density at radius 1 is 1.26 bits per heavy atom. The van der Waals surface area contributed by atoms with Gasteiger partial charge in [0.15, 0.2) is 5.96 Å². The fourth-order valence-corrected chi connectivity index (χ4v) is 2.12. The largest absolute Gasteiger partial charge is 0.573 e. The van der Waals surface area contributed by atoms with Gasteiger partial charge in [0.25, 0.3) is 0 Å². The van der Waals surface area contributed by atoms with Crippen molar-refractivity contribution in [2.24, 2.45) is 10.7 Å². The number of hydrogen-bond donors (Lipinski definition) is 1. The number of rotatable bonds is 4. The predicted molar refractivity (Wildman–Crippen MR) is 91.1 cm³/mol. The molecule has 0 amide bonds. The van der Waals surface area contributed by atoms with Crippen LogP contribution in [0, 0.1) is 0 Å². The first kappa shape index (κ1) is 19.8. The molecule has 0 atom stereocenters. The lowest BCUT2D eigenvalue weighted by Gasteiger charge is -2.27. The van der Waals surface area contributed by atoms with E-state index in [0.29, 0.717) is 50.8 Å². The minimum absolute atomic E-state index is 0. The molecule has 5 nitrogen and oxygen atoms in total. The van der Waals surface area contributed by atoms with Gasteiger partial charge in [0.2, 0.25) is 0 Å². The maximum Gasteiger partial charge on any atom is 0.573 e. The van der Waals surface area contributed by atoms with Crippen LogP contribution in [0.2, 0.25) is 0 Å². The third kappa shape index (κ3) is 6.81. The molecular weight excluding hydrogens is 426 g/mol. The molecule has 1 saturated heterocycles. The minimum atomic E-state index is -4.70. The Morgan fingerprint density at radius 3 is 2.57 bits per heavy atom. The summed E-state index contributed by atoms with van der Waals surface area (Å²) in [5.41, 5.74) is 6.30. The molecule has 0 radical (unpaired) electrons. The van der Waals surface area contributed by atoms with Gasteiger partial charge in [-0.3, -0.25) is 4.99 Å². The molecule has 1 aliphatic heterocycles. The molecule has 1 aromatic rings. The number of alkyl halides is 3. The summed E-state index contributed by atoms with van der Waals surface area (Å²) in [7, 11) is 0. The maximum absolute atomic E-state index is 12.3. The van der Waals surface area contributed by atoms with Gasteiger partial charge in [0, 0.05) is 19.6 Å². The molecule has 1 aliphatic rings. The SMILES string of the molecule is I.NC(=NCCc1ccccc1OC(F)(F)F)N1CCOCC1.